The number of nitrogens with zero attached hydrogens (tertiary/aromatic N) is 2. The summed E-state index contributed by atoms with van der Waals surface area (Å²) in [7, 11) is 0. The Morgan fingerprint density at radius 1 is 1.10 bits per heavy atom. The quantitative estimate of drug-likeness (QED) is 0.837. The van der Waals surface area contributed by atoms with Crippen molar-refractivity contribution in [3.8, 4) is 0 Å². The van der Waals surface area contributed by atoms with E-state index in [0.29, 0.717) is 13.1 Å². The van der Waals surface area contributed by atoms with Crippen molar-refractivity contribution < 1.29 is 24.2 Å². The Kier molecular flexibility index (Phi) is 7.02. The summed E-state index contributed by atoms with van der Waals surface area (Å²) in [5, 5.41) is 8.71. The van der Waals surface area contributed by atoms with Gasteiger partial charge in [-0.1, -0.05) is 0 Å². The maximum absolute atomic E-state index is 12.2. The summed E-state index contributed by atoms with van der Waals surface area (Å²) in [6.45, 7) is 9.27. The van der Waals surface area contributed by atoms with E-state index in [2.05, 4.69) is 0 Å². The van der Waals surface area contributed by atoms with Crippen LogP contribution in [-0.4, -0.2) is 58.2 Å². The molecule has 0 rings (SSSR count). The number of aliphatic carboxylic acids is 1. The third-order valence-corrected chi connectivity index (χ3v) is 2.43. The molecule has 0 aromatic heterocycles. The maximum Gasteiger partial charge on any atom is 0.418 e. The summed E-state index contributed by atoms with van der Waals surface area (Å²) in [6.07, 6.45) is -1.14. The molecule has 0 spiro atoms. The molecule has 0 fully saturated rings. The van der Waals surface area contributed by atoms with E-state index >= 15 is 0 Å². The normalized spacial score (nSPS) is 10.8. The number of hydrogen-bond donors (Lipinski definition) is 1. The minimum absolute atomic E-state index is 0.209. The van der Waals surface area contributed by atoms with Gasteiger partial charge in [0.25, 0.3) is 0 Å². The second-order valence-corrected chi connectivity index (χ2v) is 5.23. The van der Waals surface area contributed by atoms with Crippen molar-refractivity contribution in [1.82, 2.24) is 9.80 Å². The van der Waals surface area contributed by atoms with Crippen molar-refractivity contribution >= 4 is 18.1 Å². The third kappa shape index (κ3) is 6.40. The molecule has 116 valence electrons. The summed E-state index contributed by atoms with van der Waals surface area (Å²) in [4.78, 5) is 37.1. The predicted octanol–water partition coefficient (Wildman–Crippen LogP) is 2.16. The average molecular weight is 288 g/mol. The zero-order chi connectivity index (χ0) is 15.9. The Hall–Kier alpha value is -1.79. The lowest BCUT2D eigenvalue weighted by molar-refractivity contribution is -0.137. The van der Waals surface area contributed by atoms with E-state index in [0.717, 1.165) is 4.90 Å². The number of ether oxygens (including phenoxy) is 1. The van der Waals surface area contributed by atoms with Crippen LogP contribution in [0.25, 0.3) is 0 Å². The maximum atomic E-state index is 12.2. The second kappa shape index (κ2) is 7.72. The van der Waals surface area contributed by atoms with E-state index in [4.69, 9.17) is 9.84 Å². The Morgan fingerprint density at radius 2 is 1.60 bits per heavy atom. The number of rotatable bonds is 5. The van der Waals surface area contributed by atoms with Gasteiger partial charge < -0.3 is 14.7 Å². The lowest BCUT2D eigenvalue weighted by atomic mass is 10.2. The summed E-state index contributed by atoms with van der Waals surface area (Å²) < 4.78 is 5.14. The summed E-state index contributed by atoms with van der Waals surface area (Å²) >= 11 is 0. The number of carbonyl (C=O) groups is 3. The molecule has 0 bridgehead atoms. The van der Waals surface area contributed by atoms with Crippen LogP contribution in [0.4, 0.5) is 9.59 Å². The van der Waals surface area contributed by atoms with Gasteiger partial charge in [0.15, 0.2) is 0 Å². The fraction of sp³-hybridized carbons (Fsp3) is 0.769. The first kappa shape index (κ1) is 18.2. The molecule has 0 aliphatic rings. The van der Waals surface area contributed by atoms with E-state index < -0.39 is 23.7 Å². The molecule has 1 N–H and O–H groups in total. The minimum Gasteiger partial charge on any atom is -0.481 e. The van der Waals surface area contributed by atoms with Crippen LogP contribution in [0.2, 0.25) is 0 Å². The zero-order valence-electron chi connectivity index (χ0n) is 12.8. The molecule has 3 amide bonds. The molecule has 0 aromatic rings. The van der Waals surface area contributed by atoms with Crippen LogP contribution in [0.3, 0.4) is 0 Å². The Balaban J connectivity index is 5.01. The first-order valence-electron chi connectivity index (χ1n) is 6.63. The van der Waals surface area contributed by atoms with Crippen molar-refractivity contribution in [3.05, 3.63) is 0 Å². The van der Waals surface area contributed by atoms with Crippen LogP contribution in [0.5, 0.6) is 0 Å². The number of hydrogen-bond acceptors (Lipinski definition) is 4. The standard InChI is InChI=1S/C13H24N2O5/c1-6-14(7-2)11(18)15(9-8-10(16)17)12(19)20-13(3,4)5/h6-9H2,1-5H3,(H,16,17). The first-order valence-corrected chi connectivity index (χ1v) is 6.63. The molecule has 7 heteroatoms. The highest BCUT2D eigenvalue weighted by Crippen LogP contribution is 2.12. The topological polar surface area (TPSA) is 87.2 Å². The number of carboxylic acids is 1. The smallest absolute Gasteiger partial charge is 0.418 e. The van der Waals surface area contributed by atoms with Gasteiger partial charge in [0.1, 0.15) is 5.60 Å². The van der Waals surface area contributed by atoms with Crippen LogP contribution in [-0.2, 0) is 9.53 Å². The average Bonchev–Trinajstić information content (AvgIpc) is 2.27. The van der Waals surface area contributed by atoms with Gasteiger partial charge in [0.05, 0.1) is 6.42 Å². The lowest BCUT2D eigenvalue weighted by Crippen LogP contribution is -2.48. The highest BCUT2D eigenvalue weighted by atomic mass is 16.6. The summed E-state index contributed by atoms with van der Waals surface area (Å²) in [6, 6.07) is -0.537. The Bertz CT molecular complexity index is 358. The van der Waals surface area contributed by atoms with Gasteiger partial charge in [-0.15, -0.1) is 0 Å². The predicted molar refractivity (Wildman–Crippen MR) is 73.5 cm³/mol. The van der Waals surface area contributed by atoms with E-state index in [9.17, 15) is 14.4 Å². The van der Waals surface area contributed by atoms with Gasteiger partial charge in [0.2, 0.25) is 0 Å². The van der Waals surface area contributed by atoms with Crippen LogP contribution >= 0.6 is 0 Å². The largest absolute Gasteiger partial charge is 0.481 e. The van der Waals surface area contributed by atoms with Gasteiger partial charge in [-0.25, -0.2) is 14.5 Å². The van der Waals surface area contributed by atoms with Crippen LogP contribution in [0.1, 0.15) is 41.0 Å². The number of carboxylic acid groups (broad SMARTS) is 1. The molecular weight excluding hydrogens is 264 g/mol. The van der Waals surface area contributed by atoms with Gasteiger partial charge >= 0.3 is 18.1 Å². The molecule has 0 radical (unpaired) electrons. The van der Waals surface area contributed by atoms with Crippen LogP contribution in [0.15, 0.2) is 0 Å². The molecule has 0 aliphatic heterocycles. The lowest BCUT2D eigenvalue weighted by Gasteiger charge is -2.29. The fourth-order valence-corrected chi connectivity index (χ4v) is 1.45. The zero-order valence-corrected chi connectivity index (χ0v) is 12.8. The first-order chi connectivity index (χ1) is 9.12. The number of imide groups is 1. The second-order valence-electron chi connectivity index (χ2n) is 5.23. The number of carbonyl (C=O) groups excluding carboxylic acids is 2. The summed E-state index contributed by atoms with van der Waals surface area (Å²) in [5.41, 5.74) is -0.748. The van der Waals surface area contributed by atoms with Crippen molar-refractivity contribution in [3.63, 3.8) is 0 Å². The third-order valence-electron chi connectivity index (χ3n) is 2.43. The van der Waals surface area contributed by atoms with E-state index in [1.54, 1.807) is 34.6 Å². The van der Waals surface area contributed by atoms with Crippen molar-refractivity contribution in [2.45, 2.75) is 46.6 Å². The molecule has 0 saturated carbocycles. The van der Waals surface area contributed by atoms with E-state index in [1.165, 1.54) is 4.90 Å². The van der Waals surface area contributed by atoms with Crippen LogP contribution < -0.4 is 0 Å². The van der Waals surface area contributed by atoms with Gasteiger partial charge in [-0.05, 0) is 34.6 Å². The Morgan fingerprint density at radius 3 is 1.95 bits per heavy atom. The highest BCUT2D eigenvalue weighted by Gasteiger charge is 2.29. The fourth-order valence-electron chi connectivity index (χ4n) is 1.45. The molecule has 0 atom stereocenters. The van der Waals surface area contributed by atoms with Crippen molar-refractivity contribution in [1.29, 1.82) is 0 Å². The molecule has 7 nitrogen and oxygen atoms in total. The van der Waals surface area contributed by atoms with Crippen LogP contribution in [0, 0.1) is 0 Å². The van der Waals surface area contributed by atoms with Crippen molar-refractivity contribution in [2.24, 2.45) is 0 Å². The molecule has 0 aromatic carbocycles. The number of urea groups is 1. The SMILES string of the molecule is CCN(CC)C(=O)N(CCC(=O)O)C(=O)OC(C)(C)C. The highest BCUT2D eigenvalue weighted by molar-refractivity contribution is 5.91. The molecule has 20 heavy (non-hydrogen) atoms. The van der Waals surface area contributed by atoms with Gasteiger partial charge in [-0.3, -0.25) is 4.79 Å². The van der Waals surface area contributed by atoms with Crippen molar-refractivity contribution in [2.75, 3.05) is 19.6 Å². The molecular formula is C13H24N2O5. The number of amides is 3. The molecule has 0 aliphatic carbocycles. The summed E-state index contributed by atoms with van der Waals surface area (Å²) in [5.74, 6) is -1.08. The Labute approximate surface area is 119 Å². The van der Waals surface area contributed by atoms with E-state index in [-0.39, 0.29) is 13.0 Å². The molecule has 0 saturated heterocycles. The molecule has 0 heterocycles. The monoisotopic (exact) mass is 288 g/mol. The van der Waals surface area contributed by atoms with E-state index in [1.807, 2.05) is 0 Å². The molecule has 0 unspecified atom stereocenters. The van der Waals surface area contributed by atoms with Gasteiger partial charge in [-0.2, -0.15) is 0 Å². The van der Waals surface area contributed by atoms with Gasteiger partial charge in [0, 0.05) is 19.6 Å². The minimum atomic E-state index is -1.08.